The molecule has 1 aromatic rings. The molecule has 1 aromatic carbocycles. The minimum absolute atomic E-state index is 0.113. The molecule has 0 atom stereocenters. The highest BCUT2D eigenvalue weighted by Gasteiger charge is 2.02. The van der Waals surface area contributed by atoms with Crippen LogP contribution >= 0.6 is 0 Å². The summed E-state index contributed by atoms with van der Waals surface area (Å²) >= 11 is 0. The number of urea groups is 1. The van der Waals surface area contributed by atoms with Gasteiger partial charge in [-0.05, 0) is 17.7 Å². The average molecular weight is 264 g/mol. The highest BCUT2D eigenvalue weighted by molar-refractivity contribution is 5.92. The molecule has 0 fully saturated rings. The van der Waals surface area contributed by atoms with Gasteiger partial charge in [0.1, 0.15) is 0 Å². The minimum atomic E-state index is -0.430. The van der Waals surface area contributed by atoms with E-state index in [9.17, 15) is 9.59 Å². The topological polar surface area (TPSA) is 87.5 Å². The first kappa shape index (κ1) is 15.0. The Labute approximate surface area is 113 Å². The van der Waals surface area contributed by atoms with Crippen LogP contribution in [0, 0.1) is 0 Å². The van der Waals surface area contributed by atoms with Crippen molar-refractivity contribution in [1.82, 2.24) is 15.5 Å². The molecule has 19 heavy (non-hydrogen) atoms. The van der Waals surface area contributed by atoms with Crippen LogP contribution in [0.1, 0.15) is 15.9 Å². The van der Waals surface area contributed by atoms with E-state index in [0.717, 1.165) is 5.56 Å². The zero-order valence-electron chi connectivity index (χ0n) is 11.3. The molecular formula is C13H20N4O2. The Morgan fingerprint density at radius 3 is 2.63 bits per heavy atom. The van der Waals surface area contributed by atoms with Crippen molar-refractivity contribution >= 4 is 11.9 Å². The van der Waals surface area contributed by atoms with E-state index in [0.29, 0.717) is 25.2 Å². The van der Waals surface area contributed by atoms with Crippen LogP contribution in [0.2, 0.25) is 0 Å². The highest BCUT2D eigenvalue weighted by atomic mass is 16.2. The van der Waals surface area contributed by atoms with Gasteiger partial charge in [0.05, 0.1) is 0 Å². The van der Waals surface area contributed by atoms with Crippen molar-refractivity contribution in [2.24, 2.45) is 5.73 Å². The van der Waals surface area contributed by atoms with Gasteiger partial charge < -0.3 is 21.3 Å². The lowest BCUT2D eigenvalue weighted by Crippen LogP contribution is -2.38. The van der Waals surface area contributed by atoms with Gasteiger partial charge in [-0.1, -0.05) is 12.1 Å². The number of rotatable bonds is 6. The summed E-state index contributed by atoms with van der Waals surface area (Å²) in [7, 11) is 3.39. The van der Waals surface area contributed by atoms with Crippen molar-refractivity contribution in [2.75, 3.05) is 27.2 Å². The molecule has 0 saturated carbocycles. The fourth-order valence-corrected chi connectivity index (χ4v) is 1.48. The van der Waals surface area contributed by atoms with Crippen LogP contribution in [0.5, 0.6) is 0 Å². The number of benzene rings is 1. The van der Waals surface area contributed by atoms with Gasteiger partial charge in [0, 0.05) is 39.3 Å². The van der Waals surface area contributed by atoms with E-state index in [1.807, 2.05) is 6.07 Å². The molecular weight excluding hydrogens is 244 g/mol. The summed E-state index contributed by atoms with van der Waals surface area (Å²) in [4.78, 5) is 23.7. The summed E-state index contributed by atoms with van der Waals surface area (Å²) in [6, 6.07) is 7.04. The molecule has 0 radical (unpaired) electrons. The van der Waals surface area contributed by atoms with Crippen molar-refractivity contribution in [3.63, 3.8) is 0 Å². The van der Waals surface area contributed by atoms with Crippen LogP contribution in [0.3, 0.4) is 0 Å². The number of amides is 3. The molecule has 0 saturated heterocycles. The van der Waals surface area contributed by atoms with Crippen LogP contribution in [0.15, 0.2) is 24.3 Å². The van der Waals surface area contributed by atoms with Crippen LogP contribution in [0.4, 0.5) is 4.79 Å². The van der Waals surface area contributed by atoms with Crippen molar-refractivity contribution in [1.29, 1.82) is 0 Å². The van der Waals surface area contributed by atoms with E-state index in [-0.39, 0.29) is 6.03 Å². The molecule has 3 amide bonds. The maximum absolute atomic E-state index is 11.2. The lowest BCUT2D eigenvalue weighted by molar-refractivity contribution is 0.1000. The van der Waals surface area contributed by atoms with Crippen molar-refractivity contribution in [3.05, 3.63) is 35.4 Å². The zero-order valence-corrected chi connectivity index (χ0v) is 11.3. The standard InChI is InChI=1S/C13H20N4O2/c1-17(2)13(19)16-7-6-15-9-10-4-3-5-11(8-10)12(14)18/h3-5,8,15H,6-7,9H2,1-2H3,(H2,14,18)(H,16,19). The molecule has 0 aromatic heterocycles. The van der Waals surface area contributed by atoms with E-state index >= 15 is 0 Å². The van der Waals surface area contributed by atoms with E-state index in [2.05, 4.69) is 10.6 Å². The third-order valence-corrected chi connectivity index (χ3v) is 2.52. The molecule has 0 aliphatic carbocycles. The van der Waals surface area contributed by atoms with E-state index in [1.54, 1.807) is 32.3 Å². The number of primary amides is 1. The van der Waals surface area contributed by atoms with Crippen molar-refractivity contribution in [2.45, 2.75) is 6.54 Å². The fourth-order valence-electron chi connectivity index (χ4n) is 1.48. The molecule has 0 bridgehead atoms. The Bertz CT molecular complexity index is 446. The van der Waals surface area contributed by atoms with Gasteiger partial charge in [0.2, 0.25) is 5.91 Å². The Morgan fingerprint density at radius 1 is 1.26 bits per heavy atom. The van der Waals surface area contributed by atoms with Crippen LogP contribution in [-0.2, 0) is 6.54 Å². The molecule has 0 aliphatic rings. The summed E-state index contributed by atoms with van der Waals surface area (Å²) in [6.07, 6.45) is 0. The first-order valence-corrected chi connectivity index (χ1v) is 6.05. The lowest BCUT2D eigenvalue weighted by Gasteiger charge is -2.12. The number of carbonyl (C=O) groups excluding carboxylic acids is 2. The van der Waals surface area contributed by atoms with Gasteiger partial charge in [-0.3, -0.25) is 4.79 Å². The number of nitrogens with two attached hydrogens (primary N) is 1. The van der Waals surface area contributed by atoms with E-state index < -0.39 is 5.91 Å². The third kappa shape index (κ3) is 5.39. The maximum Gasteiger partial charge on any atom is 0.316 e. The van der Waals surface area contributed by atoms with Gasteiger partial charge in [0.15, 0.2) is 0 Å². The summed E-state index contributed by atoms with van der Waals surface area (Å²) in [6.45, 7) is 1.83. The number of hydrogen-bond donors (Lipinski definition) is 3. The minimum Gasteiger partial charge on any atom is -0.366 e. The molecule has 0 heterocycles. The average Bonchev–Trinajstić information content (AvgIpc) is 2.38. The smallest absolute Gasteiger partial charge is 0.316 e. The lowest BCUT2D eigenvalue weighted by atomic mass is 10.1. The van der Waals surface area contributed by atoms with Gasteiger partial charge in [-0.25, -0.2) is 4.79 Å². The van der Waals surface area contributed by atoms with Crippen LogP contribution in [0.25, 0.3) is 0 Å². The van der Waals surface area contributed by atoms with Gasteiger partial charge >= 0.3 is 6.03 Å². The molecule has 4 N–H and O–H groups in total. The second-order valence-electron chi connectivity index (χ2n) is 4.37. The largest absolute Gasteiger partial charge is 0.366 e. The quantitative estimate of drug-likeness (QED) is 0.639. The normalized spacial score (nSPS) is 10.0. The SMILES string of the molecule is CN(C)C(=O)NCCNCc1cccc(C(N)=O)c1. The second-order valence-corrected chi connectivity index (χ2v) is 4.37. The van der Waals surface area contributed by atoms with Gasteiger partial charge in [0.25, 0.3) is 0 Å². The number of nitrogens with one attached hydrogen (secondary N) is 2. The Kier molecular flexibility index (Phi) is 5.81. The maximum atomic E-state index is 11.2. The molecule has 104 valence electrons. The molecule has 0 spiro atoms. The van der Waals surface area contributed by atoms with Crippen molar-refractivity contribution < 1.29 is 9.59 Å². The predicted octanol–water partition coefficient (Wildman–Crippen LogP) is 0.146. The molecule has 1 rings (SSSR count). The number of hydrogen-bond acceptors (Lipinski definition) is 3. The Hall–Kier alpha value is -2.08. The molecule has 6 nitrogen and oxygen atoms in total. The molecule has 6 heteroatoms. The number of nitrogens with zero attached hydrogens (tertiary/aromatic N) is 1. The molecule has 0 aliphatic heterocycles. The first-order valence-electron chi connectivity index (χ1n) is 6.05. The fraction of sp³-hybridized carbons (Fsp3) is 0.385. The van der Waals surface area contributed by atoms with Gasteiger partial charge in [-0.2, -0.15) is 0 Å². The monoisotopic (exact) mass is 264 g/mol. The van der Waals surface area contributed by atoms with Crippen LogP contribution in [-0.4, -0.2) is 44.0 Å². The summed E-state index contributed by atoms with van der Waals surface area (Å²) in [5, 5.41) is 5.93. The Morgan fingerprint density at radius 2 is 2.00 bits per heavy atom. The van der Waals surface area contributed by atoms with Crippen molar-refractivity contribution in [3.8, 4) is 0 Å². The van der Waals surface area contributed by atoms with E-state index in [1.165, 1.54) is 4.90 Å². The van der Waals surface area contributed by atoms with E-state index in [4.69, 9.17) is 5.73 Å². The Balaban J connectivity index is 2.28. The second kappa shape index (κ2) is 7.38. The van der Waals surface area contributed by atoms with Crippen LogP contribution < -0.4 is 16.4 Å². The summed E-state index contributed by atoms with van der Waals surface area (Å²) in [5.41, 5.74) is 6.69. The number of carbonyl (C=O) groups is 2. The zero-order chi connectivity index (χ0) is 14.3. The predicted molar refractivity (Wildman–Crippen MR) is 73.8 cm³/mol. The summed E-state index contributed by atoms with van der Waals surface area (Å²) < 4.78 is 0. The van der Waals surface area contributed by atoms with Gasteiger partial charge in [-0.15, -0.1) is 0 Å². The summed E-state index contributed by atoms with van der Waals surface area (Å²) in [5.74, 6) is -0.430. The third-order valence-electron chi connectivity index (χ3n) is 2.52. The first-order chi connectivity index (χ1) is 9.00. The highest BCUT2D eigenvalue weighted by Crippen LogP contribution is 2.04. The molecule has 0 unspecified atom stereocenters.